The largest absolute Gasteiger partial charge is 0.313 e. The van der Waals surface area contributed by atoms with E-state index in [9.17, 15) is 0 Å². The molecule has 0 aliphatic rings. The van der Waals surface area contributed by atoms with Crippen molar-refractivity contribution in [1.82, 2.24) is 15.1 Å². The van der Waals surface area contributed by atoms with Crippen molar-refractivity contribution in [3.8, 4) is 5.69 Å². The molecule has 1 N–H and O–H groups in total. The van der Waals surface area contributed by atoms with Crippen molar-refractivity contribution in [3.05, 3.63) is 46.8 Å². The average Bonchev–Trinajstić information content (AvgIpc) is 2.71. The summed E-state index contributed by atoms with van der Waals surface area (Å²) < 4.78 is 1.99. The second kappa shape index (κ2) is 5.36. The minimum absolute atomic E-state index is 0.882. The Kier molecular flexibility index (Phi) is 3.82. The van der Waals surface area contributed by atoms with Gasteiger partial charge in [0.15, 0.2) is 0 Å². The highest BCUT2D eigenvalue weighted by atomic mass is 15.3. The quantitative estimate of drug-likeness (QED) is 0.895. The Morgan fingerprint density at radius 2 is 2.00 bits per heavy atom. The lowest BCUT2D eigenvalue weighted by Crippen LogP contribution is -2.11. The molecule has 0 aliphatic heterocycles. The van der Waals surface area contributed by atoms with Gasteiger partial charge in [0.1, 0.15) is 0 Å². The average molecular weight is 243 g/mol. The Morgan fingerprint density at radius 1 is 1.22 bits per heavy atom. The molecule has 1 aromatic carbocycles. The van der Waals surface area contributed by atoms with Crippen LogP contribution >= 0.6 is 0 Å². The Bertz CT molecular complexity index is 541. The van der Waals surface area contributed by atoms with Gasteiger partial charge in [0.25, 0.3) is 0 Å². The summed E-state index contributed by atoms with van der Waals surface area (Å²) in [7, 11) is 0. The lowest BCUT2D eigenvalue weighted by molar-refractivity contribution is 0.723. The zero-order chi connectivity index (χ0) is 13.1. The monoisotopic (exact) mass is 243 g/mol. The van der Waals surface area contributed by atoms with Crippen LogP contribution in [0.5, 0.6) is 0 Å². The SMILES string of the molecule is CCNCc1cn(-c2cc(C)ccc2C)nc1C. The van der Waals surface area contributed by atoms with Crippen LogP contribution in [0, 0.1) is 20.8 Å². The van der Waals surface area contributed by atoms with Crippen molar-refractivity contribution >= 4 is 0 Å². The van der Waals surface area contributed by atoms with Gasteiger partial charge in [0.05, 0.1) is 11.4 Å². The van der Waals surface area contributed by atoms with Crippen LogP contribution in [-0.2, 0) is 6.54 Å². The first kappa shape index (κ1) is 12.8. The van der Waals surface area contributed by atoms with E-state index in [0.717, 1.165) is 18.8 Å². The van der Waals surface area contributed by atoms with Gasteiger partial charge in [-0.3, -0.25) is 0 Å². The van der Waals surface area contributed by atoms with Crippen molar-refractivity contribution in [1.29, 1.82) is 0 Å². The molecule has 3 nitrogen and oxygen atoms in total. The molecule has 0 radical (unpaired) electrons. The first-order valence-corrected chi connectivity index (χ1v) is 6.45. The molecule has 0 aliphatic carbocycles. The fourth-order valence-corrected chi connectivity index (χ4v) is 2.02. The van der Waals surface area contributed by atoms with E-state index in [1.807, 2.05) is 4.68 Å². The number of aromatic nitrogens is 2. The van der Waals surface area contributed by atoms with Crippen LogP contribution in [0.1, 0.15) is 29.3 Å². The summed E-state index contributed by atoms with van der Waals surface area (Å²) in [5.41, 5.74) is 6.03. The normalized spacial score (nSPS) is 10.9. The molecule has 0 bridgehead atoms. The van der Waals surface area contributed by atoms with Crippen LogP contribution in [-0.4, -0.2) is 16.3 Å². The topological polar surface area (TPSA) is 29.9 Å². The summed E-state index contributed by atoms with van der Waals surface area (Å²) in [6, 6.07) is 6.46. The molecule has 18 heavy (non-hydrogen) atoms. The summed E-state index contributed by atoms with van der Waals surface area (Å²) in [6.07, 6.45) is 2.12. The van der Waals surface area contributed by atoms with Gasteiger partial charge >= 0.3 is 0 Å². The highest BCUT2D eigenvalue weighted by molar-refractivity contribution is 5.43. The summed E-state index contributed by atoms with van der Waals surface area (Å²) in [6.45, 7) is 10.3. The van der Waals surface area contributed by atoms with Gasteiger partial charge in [0, 0.05) is 18.3 Å². The maximum Gasteiger partial charge on any atom is 0.0677 e. The second-order valence-electron chi connectivity index (χ2n) is 4.75. The van der Waals surface area contributed by atoms with E-state index < -0.39 is 0 Å². The van der Waals surface area contributed by atoms with Gasteiger partial charge < -0.3 is 5.32 Å². The van der Waals surface area contributed by atoms with Gasteiger partial charge in [-0.15, -0.1) is 0 Å². The van der Waals surface area contributed by atoms with Gasteiger partial charge in [-0.25, -0.2) is 4.68 Å². The maximum absolute atomic E-state index is 4.61. The van der Waals surface area contributed by atoms with E-state index in [1.165, 1.54) is 22.4 Å². The lowest BCUT2D eigenvalue weighted by atomic mass is 10.1. The number of hydrogen-bond acceptors (Lipinski definition) is 2. The first-order valence-electron chi connectivity index (χ1n) is 6.45. The Labute approximate surface area is 109 Å². The fraction of sp³-hybridized carbons (Fsp3) is 0.400. The molecule has 0 amide bonds. The molecule has 0 saturated heterocycles. The van der Waals surface area contributed by atoms with Crippen LogP contribution in [0.15, 0.2) is 24.4 Å². The zero-order valence-electron chi connectivity index (χ0n) is 11.6. The predicted octanol–water partition coefficient (Wildman–Crippen LogP) is 2.91. The van der Waals surface area contributed by atoms with E-state index in [0.29, 0.717) is 0 Å². The molecule has 0 fully saturated rings. The molecule has 1 heterocycles. The summed E-state index contributed by atoms with van der Waals surface area (Å²) in [5.74, 6) is 0. The number of benzene rings is 1. The van der Waals surface area contributed by atoms with E-state index in [1.54, 1.807) is 0 Å². The van der Waals surface area contributed by atoms with E-state index in [4.69, 9.17) is 0 Å². The van der Waals surface area contributed by atoms with Crippen LogP contribution in [0.25, 0.3) is 5.69 Å². The van der Waals surface area contributed by atoms with Crippen molar-refractivity contribution in [3.63, 3.8) is 0 Å². The summed E-state index contributed by atoms with van der Waals surface area (Å²) in [4.78, 5) is 0. The third-order valence-electron chi connectivity index (χ3n) is 3.18. The smallest absolute Gasteiger partial charge is 0.0677 e. The van der Waals surface area contributed by atoms with Crippen LogP contribution in [0.4, 0.5) is 0 Å². The number of hydrogen-bond donors (Lipinski definition) is 1. The maximum atomic E-state index is 4.61. The van der Waals surface area contributed by atoms with Crippen molar-refractivity contribution in [2.45, 2.75) is 34.2 Å². The molecule has 0 atom stereocenters. The fourth-order valence-electron chi connectivity index (χ4n) is 2.02. The predicted molar refractivity (Wildman–Crippen MR) is 75.2 cm³/mol. The van der Waals surface area contributed by atoms with Crippen molar-refractivity contribution < 1.29 is 0 Å². The van der Waals surface area contributed by atoms with E-state index in [-0.39, 0.29) is 0 Å². The minimum atomic E-state index is 0.882. The van der Waals surface area contributed by atoms with Gasteiger partial charge in [-0.05, 0) is 44.5 Å². The van der Waals surface area contributed by atoms with Crippen molar-refractivity contribution in [2.75, 3.05) is 6.54 Å². The van der Waals surface area contributed by atoms with Gasteiger partial charge in [-0.1, -0.05) is 19.1 Å². The number of aryl methyl sites for hydroxylation is 3. The Morgan fingerprint density at radius 3 is 2.72 bits per heavy atom. The Hall–Kier alpha value is -1.61. The highest BCUT2D eigenvalue weighted by Gasteiger charge is 2.07. The van der Waals surface area contributed by atoms with E-state index >= 15 is 0 Å². The molecular formula is C15H21N3. The van der Waals surface area contributed by atoms with Gasteiger partial charge in [0.2, 0.25) is 0 Å². The standard InChI is InChI=1S/C15H21N3/c1-5-16-9-14-10-18(17-13(14)4)15-8-11(2)6-7-12(15)3/h6-8,10,16H,5,9H2,1-4H3. The number of nitrogens with zero attached hydrogens (tertiary/aromatic N) is 2. The Balaban J connectivity index is 2.36. The van der Waals surface area contributed by atoms with Crippen molar-refractivity contribution in [2.24, 2.45) is 0 Å². The molecule has 96 valence electrons. The second-order valence-corrected chi connectivity index (χ2v) is 4.75. The molecule has 3 heteroatoms. The molecule has 2 rings (SSSR count). The van der Waals surface area contributed by atoms with E-state index in [2.05, 4.69) is 62.5 Å². The summed E-state index contributed by atoms with van der Waals surface area (Å²) >= 11 is 0. The van der Waals surface area contributed by atoms with Crippen LogP contribution < -0.4 is 5.32 Å². The molecule has 1 aromatic heterocycles. The van der Waals surface area contributed by atoms with Crippen LogP contribution in [0.3, 0.4) is 0 Å². The number of rotatable bonds is 4. The summed E-state index contributed by atoms with van der Waals surface area (Å²) in [5, 5.41) is 7.96. The molecule has 0 spiro atoms. The molecular weight excluding hydrogens is 222 g/mol. The third kappa shape index (κ3) is 2.62. The molecule has 0 saturated carbocycles. The highest BCUT2D eigenvalue weighted by Crippen LogP contribution is 2.17. The van der Waals surface area contributed by atoms with Crippen LogP contribution in [0.2, 0.25) is 0 Å². The lowest BCUT2D eigenvalue weighted by Gasteiger charge is -2.06. The minimum Gasteiger partial charge on any atom is -0.313 e. The zero-order valence-corrected chi connectivity index (χ0v) is 11.6. The number of nitrogens with one attached hydrogen (secondary N) is 1. The van der Waals surface area contributed by atoms with Gasteiger partial charge in [-0.2, -0.15) is 5.10 Å². The molecule has 0 unspecified atom stereocenters. The molecule has 2 aromatic rings. The third-order valence-corrected chi connectivity index (χ3v) is 3.18. The first-order chi connectivity index (χ1) is 8.61.